The first-order valence-electron chi connectivity index (χ1n) is 5.04. The minimum Gasteiger partial charge on any atom is -0.402 e. The second-order valence-electron chi connectivity index (χ2n) is 2.92. The molecule has 15 heavy (non-hydrogen) atoms. The van der Waals surface area contributed by atoms with Gasteiger partial charge in [0.25, 0.3) is 0 Å². The van der Waals surface area contributed by atoms with Gasteiger partial charge in [-0.1, -0.05) is 49.4 Å². The van der Waals surface area contributed by atoms with Crippen molar-refractivity contribution in [2.75, 3.05) is 14.2 Å². The SMILES string of the molecule is CCC=Cc1ccccc1.CO[SiH2]OC. The highest BCUT2D eigenvalue weighted by Crippen LogP contribution is 2.00. The molecule has 0 aliphatic carbocycles. The molecule has 0 N–H and O–H groups in total. The number of benzene rings is 1. The fourth-order valence-electron chi connectivity index (χ4n) is 0.936. The number of hydrogen-bond donors (Lipinski definition) is 0. The average Bonchev–Trinajstić information content (AvgIpc) is 2.30. The van der Waals surface area contributed by atoms with Crippen LogP contribution in [-0.2, 0) is 8.85 Å². The molecule has 0 radical (unpaired) electrons. The van der Waals surface area contributed by atoms with Gasteiger partial charge in [-0.3, -0.25) is 0 Å². The van der Waals surface area contributed by atoms with Gasteiger partial charge < -0.3 is 8.85 Å². The third-order valence-corrected chi connectivity index (χ3v) is 2.05. The lowest BCUT2D eigenvalue weighted by molar-refractivity contribution is 0.309. The van der Waals surface area contributed by atoms with Crippen molar-refractivity contribution >= 4 is 16.1 Å². The molecule has 0 saturated carbocycles. The van der Waals surface area contributed by atoms with Gasteiger partial charge in [0.1, 0.15) is 0 Å². The monoisotopic (exact) mass is 224 g/mol. The maximum Gasteiger partial charge on any atom is 0.303 e. The van der Waals surface area contributed by atoms with Crippen molar-refractivity contribution in [1.82, 2.24) is 0 Å². The largest absolute Gasteiger partial charge is 0.402 e. The molecular weight excluding hydrogens is 204 g/mol. The highest BCUT2D eigenvalue weighted by molar-refractivity contribution is 6.17. The van der Waals surface area contributed by atoms with Crippen molar-refractivity contribution in [1.29, 1.82) is 0 Å². The van der Waals surface area contributed by atoms with E-state index in [1.165, 1.54) is 5.56 Å². The van der Waals surface area contributed by atoms with Crippen LogP contribution >= 0.6 is 0 Å². The van der Waals surface area contributed by atoms with Crippen LogP contribution in [0.4, 0.5) is 0 Å². The van der Waals surface area contributed by atoms with E-state index in [-0.39, 0.29) is 0 Å². The summed E-state index contributed by atoms with van der Waals surface area (Å²) < 4.78 is 9.22. The van der Waals surface area contributed by atoms with E-state index < -0.39 is 10.0 Å². The average molecular weight is 224 g/mol. The van der Waals surface area contributed by atoms with E-state index in [9.17, 15) is 0 Å². The first kappa shape index (κ1) is 14.1. The Morgan fingerprint density at radius 2 is 1.73 bits per heavy atom. The molecule has 0 atom stereocenters. The van der Waals surface area contributed by atoms with Gasteiger partial charge in [-0.15, -0.1) is 0 Å². The van der Waals surface area contributed by atoms with E-state index in [2.05, 4.69) is 52.2 Å². The molecule has 0 fully saturated rings. The first-order valence-corrected chi connectivity index (χ1v) is 6.20. The smallest absolute Gasteiger partial charge is 0.303 e. The highest BCUT2D eigenvalue weighted by Gasteiger charge is 1.79. The topological polar surface area (TPSA) is 18.5 Å². The first-order chi connectivity index (χ1) is 7.35. The summed E-state index contributed by atoms with van der Waals surface area (Å²) in [6.45, 7) is 2.14. The van der Waals surface area contributed by atoms with E-state index in [1.807, 2.05) is 6.07 Å². The van der Waals surface area contributed by atoms with Crippen molar-refractivity contribution in [2.45, 2.75) is 13.3 Å². The second kappa shape index (κ2) is 11.2. The van der Waals surface area contributed by atoms with Crippen molar-refractivity contribution in [2.24, 2.45) is 0 Å². The molecule has 0 unspecified atom stereocenters. The molecule has 0 aromatic heterocycles. The second-order valence-corrected chi connectivity index (χ2v) is 4.31. The predicted octanol–water partition coefficient (Wildman–Crippen LogP) is 2.39. The Morgan fingerprint density at radius 1 is 1.13 bits per heavy atom. The van der Waals surface area contributed by atoms with Crippen LogP contribution in [0.5, 0.6) is 0 Å². The zero-order valence-corrected chi connectivity index (χ0v) is 11.2. The van der Waals surface area contributed by atoms with Crippen LogP contribution in [0, 0.1) is 0 Å². The van der Waals surface area contributed by atoms with Crippen LogP contribution in [-0.4, -0.2) is 24.2 Å². The minimum atomic E-state index is -0.568. The molecule has 0 aliphatic rings. The Labute approximate surface area is 95.0 Å². The van der Waals surface area contributed by atoms with Crippen LogP contribution in [0.2, 0.25) is 0 Å². The van der Waals surface area contributed by atoms with E-state index >= 15 is 0 Å². The summed E-state index contributed by atoms with van der Waals surface area (Å²) in [6.07, 6.45) is 5.41. The minimum absolute atomic E-state index is 0.568. The van der Waals surface area contributed by atoms with Crippen LogP contribution in [0.3, 0.4) is 0 Å². The molecule has 0 amide bonds. The van der Waals surface area contributed by atoms with E-state index in [1.54, 1.807) is 14.2 Å². The van der Waals surface area contributed by atoms with Crippen molar-refractivity contribution in [3.05, 3.63) is 42.0 Å². The molecule has 0 bridgehead atoms. The van der Waals surface area contributed by atoms with Gasteiger partial charge in [-0.05, 0) is 12.0 Å². The summed E-state index contributed by atoms with van der Waals surface area (Å²) in [5, 5.41) is 0. The van der Waals surface area contributed by atoms with Crippen LogP contribution in [0.1, 0.15) is 18.9 Å². The summed E-state index contributed by atoms with van der Waals surface area (Å²) >= 11 is 0. The van der Waals surface area contributed by atoms with Gasteiger partial charge in [-0.25, -0.2) is 0 Å². The summed E-state index contributed by atoms with van der Waals surface area (Å²) in [5.74, 6) is 0. The molecule has 84 valence electrons. The molecule has 0 spiro atoms. The lowest BCUT2D eigenvalue weighted by Gasteiger charge is -1.88. The van der Waals surface area contributed by atoms with Gasteiger partial charge in [0.15, 0.2) is 0 Å². The van der Waals surface area contributed by atoms with Crippen molar-refractivity contribution < 1.29 is 8.85 Å². The number of rotatable bonds is 4. The van der Waals surface area contributed by atoms with E-state index in [0.29, 0.717) is 0 Å². The van der Waals surface area contributed by atoms with Gasteiger partial charge in [0, 0.05) is 14.2 Å². The molecule has 1 aromatic carbocycles. The fraction of sp³-hybridized carbons (Fsp3) is 0.333. The van der Waals surface area contributed by atoms with Gasteiger partial charge in [-0.2, -0.15) is 0 Å². The Bertz CT molecular complexity index is 245. The molecule has 0 heterocycles. The van der Waals surface area contributed by atoms with Crippen LogP contribution in [0.15, 0.2) is 36.4 Å². The van der Waals surface area contributed by atoms with Gasteiger partial charge >= 0.3 is 10.0 Å². The van der Waals surface area contributed by atoms with Crippen LogP contribution in [0.25, 0.3) is 6.08 Å². The third-order valence-electron chi connectivity index (χ3n) is 1.58. The standard InChI is InChI=1S/C10H12.C2H8O2Si/c1-2-3-7-10-8-5-4-6-9-10;1-3-5-4-2/h3-9H,2H2,1H3;5H2,1-2H3. The molecule has 2 nitrogen and oxygen atoms in total. The Morgan fingerprint density at radius 3 is 2.13 bits per heavy atom. The summed E-state index contributed by atoms with van der Waals surface area (Å²) in [6, 6.07) is 10.3. The summed E-state index contributed by atoms with van der Waals surface area (Å²) in [7, 11) is 2.73. The zero-order valence-electron chi connectivity index (χ0n) is 9.77. The molecule has 1 aromatic rings. The number of allylic oxidation sites excluding steroid dienone is 1. The lowest BCUT2D eigenvalue weighted by Crippen LogP contribution is -1.93. The molecular formula is C12H20O2Si. The zero-order chi connectivity index (χ0) is 11.4. The predicted molar refractivity (Wildman–Crippen MR) is 68.3 cm³/mol. The Balaban J connectivity index is 0.000000336. The molecule has 1 rings (SSSR count). The molecule has 0 aliphatic heterocycles. The summed E-state index contributed by atoms with van der Waals surface area (Å²) in [4.78, 5) is 0. The van der Waals surface area contributed by atoms with Crippen molar-refractivity contribution in [3.8, 4) is 0 Å². The van der Waals surface area contributed by atoms with E-state index in [4.69, 9.17) is 0 Å². The lowest BCUT2D eigenvalue weighted by atomic mass is 10.2. The maximum absolute atomic E-state index is 4.61. The van der Waals surface area contributed by atoms with E-state index in [0.717, 1.165) is 6.42 Å². The van der Waals surface area contributed by atoms with Crippen molar-refractivity contribution in [3.63, 3.8) is 0 Å². The van der Waals surface area contributed by atoms with Gasteiger partial charge in [0.2, 0.25) is 0 Å². The molecule has 0 saturated heterocycles. The van der Waals surface area contributed by atoms with Gasteiger partial charge in [0.05, 0.1) is 0 Å². The quantitative estimate of drug-likeness (QED) is 0.731. The summed E-state index contributed by atoms with van der Waals surface area (Å²) in [5.41, 5.74) is 1.28. The maximum atomic E-state index is 4.61. The Hall–Kier alpha value is -0.903. The fourth-order valence-corrected chi connectivity index (χ4v) is 1.17. The highest BCUT2D eigenvalue weighted by atomic mass is 28.3. The Kier molecular flexibility index (Phi) is 10.5. The number of hydrogen-bond acceptors (Lipinski definition) is 2. The normalized spacial score (nSPS) is 9.80. The molecule has 3 heteroatoms. The third kappa shape index (κ3) is 9.40. The van der Waals surface area contributed by atoms with Crippen LogP contribution < -0.4 is 0 Å².